The molecule has 0 radical (unpaired) electrons. The van der Waals surface area contributed by atoms with E-state index in [1.807, 2.05) is 18.2 Å². The average molecular weight is 385 g/mol. The number of esters is 1. The first-order valence-corrected chi connectivity index (χ1v) is 10.4. The monoisotopic (exact) mass is 384 g/mol. The van der Waals surface area contributed by atoms with E-state index in [-0.39, 0.29) is 48.4 Å². The number of Topliss-reactive ketones (excluding diaryl/α,β-unsaturated/α-hetero) is 1. The van der Waals surface area contributed by atoms with Gasteiger partial charge in [-0.15, -0.1) is 0 Å². The van der Waals surface area contributed by atoms with Gasteiger partial charge in [-0.2, -0.15) is 0 Å². The van der Waals surface area contributed by atoms with E-state index in [4.69, 9.17) is 4.74 Å². The summed E-state index contributed by atoms with van der Waals surface area (Å²) in [5, 5.41) is 10.4. The molecule has 4 nitrogen and oxygen atoms in total. The third-order valence-corrected chi connectivity index (χ3v) is 6.35. The molecule has 0 bridgehead atoms. The van der Waals surface area contributed by atoms with E-state index < -0.39 is 12.1 Å². The van der Waals surface area contributed by atoms with Crippen LogP contribution in [0.5, 0.6) is 0 Å². The third-order valence-electron chi connectivity index (χ3n) is 6.35. The number of hydrogen-bond acceptors (Lipinski definition) is 4. The molecule has 3 aliphatic rings. The van der Waals surface area contributed by atoms with Gasteiger partial charge in [0.25, 0.3) is 0 Å². The molecule has 0 saturated heterocycles. The summed E-state index contributed by atoms with van der Waals surface area (Å²) in [7, 11) is 0. The maximum absolute atomic E-state index is 13.3. The second kappa shape index (κ2) is 9.04. The summed E-state index contributed by atoms with van der Waals surface area (Å²) in [4.78, 5) is 25.3. The van der Waals surface area contributed by atoms with Crippen molar-refractivity contribution in [3.8, 4) is 0 Å². The Balaban J connectivity index is 1.91. The van der Waals surface area contributed by atoms with Crippen LogP contribution in [0.25, 0.3) is 0 Å². The molecule has 7 atom stereocenters. The van der Waals surface area contributed by atoms with E-state index in [0.29, 0.717) is 5.92 Å². The lowest BCUT2D eigenvalue weighted by Gasteiger charge is -2.42. The Morgan fingerprint density at radius 1 is 1.00 bits per heavy atom. The molecular formula is C24H32O4. The van der Waals surface area contributed by atoms with Crippen LogP contribution in [-0.4, -0.2) is 29.1 Å². The van der Waals surface area contributed by atoms with Gasteiger partial charge < -0.3 is 9.84 Å². The molecule has 0 saturated carbocycles. The summed E-state index contributed by atoms with van der Waals surface area (Å²) in [5.74, 6) is 0.443. The highest BCUT2D eigenvalue weighted by molar-refractivity contribution is 5.83. The zero-order valence-corrected chi connectivity index (χ0v) is 17.1. The molecule has 152 valence electrons. The van der Waals surface area contributed by atoms with Crippen molar-refractivity contribution in [2.75, 3.05) is 0 Å². The quantitative estimate of drug-likeness (QED) is 0.503. The number of fused-ring (bicyclic) bond motifs is 3. The number of ether oxygens (including phenoxy) is 1. The largest absolute Gasteiger partial charge is 0.458 e. The molecule has 0 aromatic rings. The molecule has 0 fully saturated rings. The summed E-state index contributed by atoms with van der Waals surface area (Å²) in [6.45, 7) is 6.09. The van der Waals surface area contributed by atoms with Crippen LogP contribution in [0.15, 0.2) is 48.1 Å². The zero-order valence-electron chi connectivity index (χ0n) is 17.1. The number of cyclic esters (lactones) is 1. The Morgan fingerprint density at radius 2 is 1.75 bits per heavy atom. The summed E-state index contributed by atoms with van der Waals surface area (Å²) in [6.07, 6.45) is 15.0. The first-order chi connectivity index (χ1) is 13.3. The first kappa shape index (κ1) is 20.8. The molecule has 1 aliphatic heterocycles. The summed E-state index contributed by atoms with van der Waals surface area (Å²) >= 11 is 0. The number of rotatable bonds is 0. The maximum atomic E-state index is 13.3. The number of ketones is 1. The van der Waals surface area contributed by atoms with Gasteiger partial charge in [0.2, 0.25) is 0 Å². The van der Waals surface area contributed by atoms with Crippen LogP contribution in [0.1, 0.15) is 46.5 Å². The van der Waals surface area contributed by atoms with Crippen LogP contribution in [0, 0.1) is 29.6 Å². The zero-order chi connectivity index (χ0) is 20.3. The normalized spacial score (nSPS) is 39.4. The van der Waals surface area contributed by atoms with Crippen molar-refractivity contribution in [1.29, 1.82) is 0 Å². The Morgan fingerprint density at radius 3 is 2.54 bits per heavy atom. The standard InChI is InChI=1S/C24H32O4/c1-15-8-10-21-18(12-15)9-11-20-16(2)6-4-5-7-17(3)28-23(27)14-19(25)13-22(26)24(20)21/h4-9,11,16-21,24-25H,10,12-14H2,1-3H3. The average Bonchev–Trinajstić information content (AvgIpc) is 2.62. The van der Waals surface area contributed by atoms with Crippen LogP contribution < -0.4 is 0 Å². The number of carbonyl (C=O) groups is 2. The van der Waals surface area contributed by atoms with Crippen molar-refractivity contribution < 1.29 is 19.4 Å². The Labute approximate surface area is 168 Å². The van der Waals surface area contributed by atoms with Gasteiger partial charge in [-0.25, -0.2) is 0 Å². The van der Waals surface area contributed by atoms with Crippen molar-refractivity contribution in [2.45, 2.75) is 58.7 Å². The number of allylic oxidation sites excluding steroid dienone is 7. The van der Waals surface area contributed by atoms with Crippen molar-refractivity contribution in [2.24, 2.45) is 29.6 Å². The van der Waals surface area contributed by atoms with Crippen LogP contribution in [0.2, 0.25) is 0 Å². The fourth-order valence-corrected chi connectivity index (χ4v) is 4.89. The highest BCUT2D eigenvalue weighted by Crippen LogP contribution is 2.45. The van der Waals surface area contributed by atoms with E-state index in [9.17, 15) is 14.7 Å². The molecular weight excluding hydrogens is 352 g/mol. The van der Waals surface area contributed by atoms with Crippen LogP contribution in [-0.2, 0) is 14.3 Å². The van der Waals surface area contributed by atoms with Crippen LogP contribution in [0.4, 0.5) is 0 Å². The minimum Gasteiger partial charge on any atom is -0.458 e. The molecule has 28 heavy (non-hydrogen) atoms. The Kier molecular flexibility index (Phi) is 6.71. The van der Waals surface area contributed by atoms with Gasteiger partial charge >= 0.3 is 5.97 Å². The molecule has 0 aromatic heterocycles. The van der Waals surface area contributed by atoms with E-state index in [2.05, 4.69) is 38.2 Å². The molecule has 2 aliphatic carbocycles. The number of aliphatic hydroxyl groups excluding tert-OH is 1. The minimum absolute atomic E-state index is 0.0106. The number of carbonyl (C=O) groups excluding carboxylic acids is 2. The van der Waals surface area contributed by atoms with Crippen LogP contribution >= 0.6 is 0 Å². The summed E-state index contributed by atoms with van der Waals surface area (Å²) < 4.78 is 5.28. The first-order valence-electron chi connectivity index (χ1n) is 10.4. The smallest absolute Gasteiger partial charge is 0.309 e. The Hall–Kier alpha value is -1.94. The molecule has 0 amide bonds. The van der Waals surface area contributed by atoms with Gasteiger partial charge in [0, 0.05) is 12.3 Å². The summed E-state index contributed by atoms with van der Waals surface area (Å²) in [6, 6.07) is 0. The lowest BCUT2D eigenvalue weighted by molar-refractivity contribution is -0.148. The van der Waals surface area contributed by atoms with Crippen molar-refractivity contribution in [1.82, 2.24) is 0 Å². The molecule has 4 heteroatoms. The highest BCUT2D eigenvalue weighted by atomic mass is 16.5. The van der Waals surface area contributed by atoms with Crippen molar-refractivity contribution in [3.63, 3.8) is 0 Å². The SMILES string of the molecule is CC1=CCC2C(C=CC3C(C)C=CC=CC(C)OC(=O)CC(O)CC(=O)C32)C1. The lowest BCUT2D eigenvalue weighted by atomic mass is 9.61. The molecule has 3 rings (SSSR count). The van der Waals surface area contributed by atoms with Gasteiger partial charge in [-0.1, -0.05) is 49.0 Å². The van der Waals surface area contributed by atoms with Crippen molar-refractivity contribution in [3.05, 3.63) is 48.1 Å². The second-order valence-corrected chi connectivity index (χ2v) is 8.66. The molecule has 0 aromatic carbocycles. The molecule has 1 heterocycles. The predicted molar refractivity (Wildman–Crippen MR) is 109 cm³/mol. The minimum atomic E-state index is -0.990. The van der Waals surface area contributed by atoms with Gasteiger partial charge in [-0.3, -0.25) is 9.59 Å². The maximum Gasteiger partial charge on any atom is 0.309 e. The van der Waals surface area contributed by atoms with E-state index in [1.54, 1.807) is 6.92 Å². The molecule has 1 N–H and O–H groups in total. The third kappa shape index (κ3) is 4.91. The van der Waals surface area contributed by atoms with Gasteiger partial charge in [0.05, 0.1) is 12.5 Å². The van der Waals surface area contributed by atoms with E-state index in [0.717, 1.165) is 12.8 Å². The highest BCUT2D eigenvalue weighted by Gasteiger charge is 2.42. The molecule has 0 spiro atoms. The predicted octanol–water partition coefficient (Wildman–Crippen LogP) is 4.17. The van der Waals surface area contributed by atoms with Gasteiger partial charge in [-0.05, 0) is 56.4 Å². The van der Waals surface area contributed by atoms with Gasteiger partial charge in [0.1, 0.15) is 11.9 Å². The lowest BCUT2D eigenvalue weighted by Crippen LogP contribution is -2.41. The number of hydrogen-bond donors (Lipinski definition) is 1. The van der Waals surface area contributed by atoms with Crippen molar-refractivity contribution >= 4 is 11.8 Å². The Bertz CT molecular complexity index is 714. The van der Waals surface area contributed by atoms with E-state index >= 15 is 0 Å². The molecule has 7 unspecified atom stereocenters. The van der Waals surface area contributed by atoms with Gasteiger partial charge in [0.15, 0.2) is 0 Å². The fraction of sp³-hybridized carbons (Fsp3) is 0.583. The van der Waals surface area contributed by atoms with E-state index in [1.165, 1.54) is 5.57 Å². The topological polar surface area (TPSA) is 63.6 Å². The summed E-state index contributed by atoms with van der Waals surface area (Å²) in [5.41, 5.74) is 1.38. The number of aliphatic hydroxyl groups is 1. The fourth-order valence-electron chi connectivity index (χ4n) is 4.89. The second-order valence-electron chi connectivity index (χ2n) is 8.66. The van der Waals surface area contributed by atoms with Crippen LogP contribution in [0.3, 0.4) is 0 Å².